The molecule has 2 N–H and O–H groups in total. The van der Waals surface area contributed by atoms with Crippen molar-refractivity contribution in [3.8, 4) is 0 Å². The van der Waals surface area contributed by atoms with E-state index >= 15 is 0 Å². The quantitative estimate of drug-likeness (QED) is 0.837. The lowest BCUT2D eigenvalue weighted by Crippen LogP contribution is -2.44. The van der Waals surface area contributed by atoms with E-state index in [9.17, 15) is 13.6 Å². The zero-order valence-electron chi connectivity index (χ0n) is 12.8. The van der Waals surface area contributed by atoms with Crippen LogP contribution in [0.25, 0.3) is 5.70 Å². The predicted molar refractivity (Wildman–Crippen MR) is 92.0 cm³/mol. The lowest BCUT2D eigenvalue weighted by atomic mass is 9.90. The van der Waals surface area contributed by atoms with Gasteiger partial charge in [-0.05, 0) is 30.8 Å². The summed E-state index contributed by atoms with van der Waals surface area (Å²) in [5.41, 5.74) is 1.80. The number of nitrogens with one attached hydrogen (secondary N) is 2. The van der Waals surface area contributed by atoms with Crippen LogP contribution in [0.15, 0.2) is 54.1 Å². The summed E-state index contributed by atoms with van der Waals surface area (Å²) in [6.07, 6.45) is 0. The van der Waals surface area contributed by atoms with Gasteiger partial charge in [0.2, 0.25) is 0 Å². The maximum absolute atomic E-state index is 14.3. The SMILES string of the molecule is CC(=O)C1=C(c2ccccc2)NC(=S)N[C@@H]1c1ccc(F)cc1F. The molecule has 1 atom stereocenters. The summed E-state index contributed by atoms with van der Waals surface area (Å²) >= 11 is 5.20. The molecule has 2 aromatic carbocycles. The average Bonchev–Trinajstić information content (AvgIpc) is 2.54. The average molecular weight is 344 g/mol. The van der Waals surface area contributed by atoms with E-state index < -0.39 is 17.7 Å². The second kappa shape index (κ2) is 6.49. The van der Waals surface area contributed by atoms with E-state index in [1.165, 1.54) is 13.0 Å². The molecule has 0 saturated carbocycles. The zero-order valence-corrected chi connectivity index (χ0v) is 13.6. The summed E-state index contributed by atoms with van der Waals surface area (Å²) in [7, 11) is 0. The molecule has 1 aliphatic heterocycles. The largest absolute Gasteiger partial charge is 0.351 e. The van der Waals surface area contributed by atoms with E-state index in [0.29, 0.717) is 11.3 Å². The highest BCUT2D eigenvalue weighted by Crippen LogP contribution is 2.32. The van der Waals surface area contributed by atoms with Crippen molar-refractivity contribution >= 4 is 28.8 Å². The number of hydrogen-bond donors (Lipinski definition) is 2. The van der Waals surface area contributed by atoms with Gasteiger partial charge in [0, 0.05) is 17.2 Å². The van der Waals surface area contributed by atoms with E-state index in [2.05, 4.69) is 10.6 Å². The van der Waals surface area contributed by atoms with Crippen molar-refractivity contribution in [1.82, 2.24) is 10.6 Å². The van der Waals surface area contributed by atoms with Gasteiger partial charge in [0.25, 0.3) is 0 Å². The van der Waals surface area contributed by atoms with Crippen molar-refractivity contribution in [3.05, 3.63) is 76.9 Å². The molecular formula is C18H14F2N2OS. The Kier molecular flexibility index (Phi) is 4.40. The van der Waals surface area contributed by atoms with Crippen LogP contribution in [-0.2, 0) is 4.79 Å². The number of halogens is 2. The Morgan fingerprint density at radius 1 is 1.12 bits per heavy atom. The molecule has 3 rings (SSSR count). The number of rotatable bonds is 3. The summed E-state index contributed by atoms with van der Waals surface area (Å²) in [4.78, 5) is 12.3. The molecule has 0 saturated heterocycles. The number of ketones is 1. The topological polar surface area (TPSA) is 41.1 Å². The normalized spacial score (nSPS) is 17.3. The molecule has 0 radical (unpaired) electrons. The van der Waals surface area contributed by atoms with Crippen molar-refractivity contribution in [2.75, 3.05) is 0 Å². The van der Waals surface area contributed by atoms with Gasteiger partial charge in [0.1, 0.15) is 11.6 Å². The highest BCUT2D eigenvalue weighted by atomic mass is 32.1. The Morgan fingerprint density at radius 2 is 1.83 bits per heavy atom. The Labute approximate surface area is 143 Å². The number of hydrogen-bond acceptors (Lipinski definition) is 2. The monoisotopic (exact) mass is 344 g/mol. The van der Waals surface area contributed by atoms with Crippen LogP contribution in [0.2, 0.25) is 0 Å². The molecule has 1 aliphatic rings. The minimum atomic E-state index is -0.785. The lowest BCUT2D eigenvalue weighted by Gasteiger charge is -2.31. The molecule has 122 valence electrons. The fourth-order valence-corrected chi connectivity index (χ4v) is 2.97. The first-order valence-electron chi connectivity index (χ1n) is 7.30. The molecule has 0 amide bonds. The molecular weight excluding hydrogens is 330 g/mol. The summed E-state index contributed by atoms with van der Waals surface area (Å²) in [5.74, 6) is -1.64. The van der Waals surface area contributed by atoms with Gasteiger partial charge in [-0.25, -0.2) is 8.78 Å². The van der Waals surface area contributed by atoms with Crippen LogP contribution in [0.5, 0.6) is 0 Å². The third kappa shape index (κ3) is 3.05. The maximum atomic E-state index is 14.3. The van der Waals surface area contributed by atoms with E-state index in [4.69, 9.17) is 12.2 Å². The number of benzene rings is 2. The van der Waals surface area contributed by atoms with Gasteiger partial charge in [0.05, 0.1) is 11.7 Å². The van der Waals surface area contributed by atoms with Crippen LogP contribution in [0.1, 0.15) is 24.1 Å². The molecule has 1 heterocycles. The van der Waals surface area contributed by atoms with E-state index in [0.717, 1.165) is 17.7 Å². The molecule has 0 aliphatic carbocycles. The molecule has 0 aromatic heterocycles. The fourth-order valence-electron chi connectivity index (χ4n) is 2.75. The second-order valence-corrected chi connectivity index (χ2v) is 5.82. The molecule has 2 aromatic rings. The third-order valence-electron chi connectivity index (χ3n) is 3.79. The molecule has 6 heteroatoms. The Bertz CT molecular complexity index is 849. The number of thiocarbonyl (C=S) groups is 1. The molecule has 0 bridgehead atoms. The summed E-state index contributed by atoms with van der Waals surface area (Å²) in [5, 5.41) is 6.15. The Balaban J connectivity index is 2.20. The molecule has 24 heavy (non-hydrogen) atoms. The molecule has 0 fully saturated rings. The van der Waals surface area contributed by atoms with Crippen LogP contribution in [0.4, 0.5) is 8.78 Å². The Hall–Kier alpha value is -2.60. The lowest BCUT2D eigenvalue weighted by molar-refractivity contribution is -0.113. The van der Waals surface area contributed by atoms with Crippen molar-refractivity contribution in [3.63, 3.8) is 0 Å². The number of Topliss-reactive ketones (excluding diaryl/α,β-unsaturated/α-hetero) is 1. The number of carbonyl (C=O) groups excluding carboxylic acids is 1. The van der Waals surface area contributed by atoms with Crippen LogP contribution in [0.3, 0.4) is 0 Å². The second-order valence-electron chi connectivity index (χ2n) is 5.41. The first kappa shape index (κ1) is 16.3. The fraction of sp³-hybridized carbons (Fsp3) is 0.111. The van der Waals surface area contributed by atoms with Crippen molar-refractivity contribution in [2.24, 2.45) is 0 Å². The Morgan fingerprint density at radius 3 is 2.46 bits per heavy atom. The summed E-state index contributed by atoms with van der Waals surface area (Å²) in [6.45, 7) is 1.41. The van der Waals surface area contributed by atoms with Crippen molar-refractivity contribution < 1.29 is 13.6 Å². The highest BCUT2D eigenvalue weighted by molar-refractivity contribution is 7.80. The van der Waals surface area contributed by atoms with E-state index in [1.807, 2.05) is 30.3 Å². The van der Waals surface area contributed by atoms with Gasteiger partial charge in [-0.15, -0.1) is 0 Å². The first-order valence-corrected chi connectivity index (χ1v) is 7.71. The summed E-state index contributed by atoms with van der Waals surface area (Å²) in [6, 6.07) is 11.7. The first-order chi connectivity index (χ1) is 11.5. The van der Waals surface area contributed by atoms with Crippen LogP contribution >= 0.6 is 12.2 Å². The minimum Gasteiger partial charge on any atom is -0.351 e. The van der Waals surface area contributed by atoms with Crippen LogP contribution in [0, 0.1) is 11.6 Å². The van der Waals surface area contributed by atoms with E-state index in [1.54, 1.807) is 0 Å². The predicted octanol–water partition coefficient (Wildman–Crippen LogP) is 3.48. The zero-order chi connectivity index (χ0) is 17.3. The van der Waals surface area contributed by atoms with Gasteiger partial charge in [-0.3, -0.25) is 4.79 Å². The van der Waals surface area contributed by atoms with Gasteiger partial charge in [0.15, 0.2) is 10.9 Å². The highest BCUT2D eigenvalue weighted by Gasteiger charge is 2.31. The van der Waals surface area contributed by atoms with Gasteiger partial charge in [-0.1, -0.05) is 36.4 Å². The molecule has 0 unspecified atom stereocenters. The maximum Gasteiger partial charge on any atom is 0.171 e. The molecule has 3 nitrogen and oxygen atoms in total. The van der Waals surface area contributed by atoms with Gasteiger partial charge < -0.3 is 10.6 Å². The van der Waals surface area contributed by atoms with Crippen molar-refractivity contribution in [2.45, 2.75) is 13.0 Å². The standard InChI is InChI=1S/C18H14F2N2OS/c1-10(23)15-16(11-5-3-2-4-6-11)21-18(24)22-17(15)13-8-7-12(19)9-14(13)20/h2-9,17H,1H3,(H2,21,22,24)/t17-/m1/s1. The summed E-state index contributed by atoms with van der Waals surface area (Å²) < 4.78 is 27.5. The minimum absolute atomic E-state index is 0.166. The van der Waals surface area contributed by atoms with Crippen LogP contribution in [-0.4, -0.2) is 10.9 Å². The van der Waals surface area contributed by atoms with Gasteiger partial charge in [-0.2, -0.15) is 0 Å². The third-order valence-corrected chi connectivity index (χ3v) is 4.01. The number of carbonyl (C=O) groups is 1. The van der Waals surface area contributed by atoms with E-state index in [-0.39, 0.29) is 16.5 Å². The molecule has 0 spiro atoms. The van der Waals surface area contributed by atoms with Gasteiger partial charge >= 0.3 is 0 Å². The van der Waals surface area contributed by atoms with Crippen LogP contribution < -0.4 is 10.6 Å². The smallest absolute Gasteiger partial charge is 0.171 e. The van der Waals surface area contributed by atoms with Crippen molar-refractivity contribution in [1.29, 1.82) is 0 Å².